The number of aromatic nitrogens is 2. The van der Waals surface area contributed by atoms with Crippen LogP contribution in [-0.2, 0) is 9.53 Å². The van der Waals surface area contributed by atoms with Crippen molar-refractivity contribution in [3.05, 3.63) is 30.0 Å². The van der Waals surface area contributed by atoms with Gasteiger partial charge in [0, 0.05) is 17.9 Å². The molecule has 0 aliphatic rings. The summed E-state index contributed by atoms with van der Waals surface area (Å²) in [6.07, 6.45) is 2.10. The largest absolute Gasteiger partial charge is 0.446 e. The summed E-state index contributed by atoms with van der Waals surface area (Å²) in [7, 11) is 0. The highest BCUT2D eigenvalue weighted by molar-refractivity contribution is 7.98. The van der Waals surface area contributed by atoms with E-state index in [0.29, 0.717) is 21.5 Å². The van der Waals surface area contributed by atoms with Crippen LogP contribution in [0.15, 0.2) is 18.3 Å². The number of thioether (sulfide) groups is 1. The van der Waals surface area contributed by atoms with Crippen LogP contribution in [0.5, 0.6) is 0 Å². The number of halogens is 1. The molecule has 2 heterocycles. The molecule has 146 valence electrons. The molecule has 0 spiro atoms. The summed E-state index contributed by atoms with van der Waals surface area (Å²) in [6.45, 7) is 6.85. The van der Waals surface area contributed by atoms with Gasteiger partial charge in [0.15, 0.2) is 0 Å². The molecule has 2 rings (SSSR count). The highest BCUT2D eigenvalue weighted by atomic mass is 32.2. The van der Waals surface area contributed by atoms with E-state index in [1.165, 1.54) is 18.0 Å². The molecule has 6 nitrogen and oxygen atoms in total. The maximum Gasteiger partial charge on any atom is 0.422 e. The molecule has 0 radical (unpaired) electrons. The molecular formula is C18H22FN3O3S2. The van der Waals surface area contributed by atoms with E-state index in [9.17, 15) is 14.0 Å². The lowest BCUT2D eigenvalue weighted by atomic mass is 10.2. The second-order valence-corrected chi connectivity index (χ2v) is 8.10. The average Bonchev–Trinajstić information content (AvgIpc) is 2.96. The number of amides is 2. The van der Waals surface area contributed by atoms with Crippen molar-refractivity contribution in [1.29, 1.82) is 0 Å². The Labute approximate surface area is 166 Å². The van der Waals surface area contributed by atoms with Crippen LogP contribution < -0.4 is 4.90 Å². The van der Waals surface area contributed by atoms with Crippen LogP contribution in [0.2, 0.25) is 0 Å². The number of nitrogens with zero attached hydrogens (tertiary/aromatic N) is 3. The maximum absolute atomic E-state index is 14.0. The molecule has 0 aromatic carbocycles. The van der Waals surface area contributed by atoms with Crippen molar-refractivity contribution < 1.29 is 18.7 Å². The van der Waals surface area contributed by atoms with Crippen LogP contribution in [-0.4, -0.2) is 40.1 Å². The number of carbonyl (C=O) groups excluding carboxylic acids is 2. The van der Waals surface area contributed by atoms with Crippen LogP contribution in [0.1, 0.15) is 26.5 Å². The lowest BCUT2D eigenvalue weighted by Crippen LogP contribution is -2.42. The molecule has 0 N–H and O–H groups in total. The van der Waals surface area contributed by atoms with Gasteiger partial charge in [-0.05, 0) is 39.2 Å². The monoisotopic (exact) mass is 411 g/mol. The molecule has 0 saturated carbocycles. The number of thiazole rings is 1. The first-order valence-corrected chi connectivity index (χ1v) is 10.6. The summed E-state index contributed by atoms with van der Waals surface area (Å²) in [6, 6.07) is 3.16. The minimum atomic E-state index is -0.757. The Morgan fingerprint density at radius 1 is 1.37 bits per heavy atom. The van der Waals surface area contributed by atoms with E-state index in [1.807, 2.05) is 6.26 Å². The van der Waals surface area contributed by atoms with Gasteiger partial charge in [0.25, 0.3) is 0 Å². The SMILES string of the molecule is CSCC(C)C(=O)N(C(=O)OC(C)C)c1sc(-c2cccnc2F)nc1C. The zero-order valence-electron chi connectivity index (χ0n) is 15.9. The predicted octanol–water partition coefficient (Wildman–Crippen LogP) is 4.53. The number of pyridine rings is 1. The van der Waals surface area contributed by atoms with Crippen LogP contribution >= 0.6 is 23.1 Å². The Hall–Kier alpha value is -2.00. The van der Waals surface area contributed by atoms with E-state index >= 15 is 0 Å². The topological polar surface area (TPSA) is 72.4 Å². The van der Waals surface area contributed by atoms with Gasteiger partial charge in [-0.2, -0.15) is 16.2 Å². The Morgan fingerprint density at radius 3 is 2.67 bits per heavy atom. The zero-order chi connectivity index (χ0) is 20.1. The number of ether oxygens (including phenoxy) is 1. The minimum Gasteiger partial charge on any atom is -0.446 e. The summed E-state index contributed by atoms with van der Waals surface area (Å²) in [5.41, 5.74) is 0.669. The number of anilines is 1. The highest BCUT2D eigenvalue weighted by Crippen LogP contribution is 2.36. The standard InChI is InChI=1S/C18H22FN3O3S2/c1-10(2)25-18(24)22(16(23)11(3)9-26-5)17-12(4)21-15(27-17)13-7-6-8-20-14(13)19/h6-8,10-11H,9H2,1-5H3. The second-order valence-electron chi connectivity index (χ2n) is 6.21. The molecule has 0 bridgehead atoms. The molecule has 27 heavy (non-hydrogen) atoms. The Balaban J connectivity index is 2.48. The molecule has 2 aromatic rings. The molecule has 0 fully saturated rings. The number of imide groups is 1. The normalized spacial score (nSPS) is 12.1. The van der Waals surface area contributed by atoms with Gasteiger partial charge in [-0.25, -0.2) is 19.7 Å². The number of carbonyl (C=O) groups is 2. The van der Waals surface area contributed by atoms with Crippen molar-refractivity contribution in [3.63, 3.8) is 0 Å². The molecule has 1 unspecified atom stereocenters. The van der Waals surface area contributed by atoms with Crippen LogP contribution in [0.25, 0.3) is 10.6 Å². The van der Waals surface area contributed by atoms with Crippen molar-refractivity contribution in [3.8, 4) is 10.6 Å². The molecule has 1 atom stereocenters. The van der Waals surface area contributed by atoms with Gasteiger partial charge in [0.05, 0.1) is 17.4 Å². The molecule has 2 aromatic heterocycles. The summed E-state index contributed by atoms with van der Waals surface area (Å²) < 4.78 is 19.3. The molecule has 9 heteroatoms. The average molecular weight is 412 g/mol. The van der Waals surface area contributed by atoms with Gasteiger partial charge < -0.3 is 4.74 Å². The van der Waals surface area contributed by atoms with Crippen molar-refractivity contribution >= 4 is 40.1 Å². The van der Waals surface area contributed by atoms with Crippen LogP contribution in [0, 0.1) is 18.8 Å². The number of hydrogen-bond acceptors (Lipinski definition) is 7. The van der Waals surface area contributed by atoms with E-state index in [2.05, 4.69) is 9.97 Å². The lowest BCUT2D eigenvalue weighted by Gasteiger charge is -2.23. The van der Waals surface area contributed by atoms with E-state index in [-0.39, 0.29) is 23.5 Å². The fourth-order valence-electron chi connectivity index (χ4n) is 2.33. The predicted molar refractivity (Wildman–Crippen MR) is 107 cm³/mol. The lowest BCUT2D eigenvalue weighted by molar-refractivity contribution is -0.120. The molecule has 0 aliphatic heterocycles. The van der Waals surface area contributed by atoms with Gasteiger partial charge in [-0.15, -0.1) is 0 Å². The quantitative estimate of drug-likeness (QED) is 0.650. The van der Waals surface area contributed by atoms with Gasteiger partial charge in [0.2, 0.25) is 11.9 Å². The first-order valence-electron chi connectivity index (χ1n) is 8.38. The van der Waals surface area contributed by atoms with Gasteiger partial charge >= 0.3 is 6.09 Å². The second kappa shape index (κ2) is 9.27. The minimum absolute atomic E-state index is 0.221. The van der Waals surface area contributed by atoms with E-state index < -0.39 is 12.0 Å². The third-order valence-corrected chi connectivity index (χ3v) is 5.55. The summed E-state index contributed by atoms with van der Waals surface area (Å²) in [5.74, 6) is -0.859. The highest BCUT2D eigenvalue weighted by Gasteiger charge is 2.33. The van der Waals surface area contributed by atoms with Crippen LogP contribution in [0.4, 0.5) is 14.2 Å². The molecular weight excluding hydrogens is 389 g/mol. The van der Waals surface area contributed by atoms with Crippen molar-refractivity contribution in [2.75, 3.05) is 16.9 Å². The number of aryl methyl sites for hydroxylation is 1. The third-order valence-electron chi connectivity index (χ3n) is 3.54. The Kier molecular flexibility index (Phi) is 7.32. The third kappa shape index (κ3) is 5.04. The smallest absolute Gasteiger partial charge is 0.422 e. The van der Waals surface area contributed by atoms with Crippen molar-refractivity contribution in [1.82, 2.24) is 9.97 Å². The van der Waals surface area contributed by atoms with E-state index in [1.54, 1.807) is 39.8 Å². The van der Waals surface area contributed by atoms with Gasteiger partial charge in [-0.1, -0.05) is 18.3 Å². The summed E-state index contributed by atoms with van der Waals surface area (Å²) in [5, 5.41) is 0.678. The van der Waals surface area contributed by atoms with Crippen LogP contribution in [0.3, 0.4) is 0 Å². The zero-order valence-corrected chi connectivity index (χ0v) is 17.5. The molecule has 0 saturated heterocycles. The van der Waals surface area contributed by atoms with Gasteiger partial charge in [-0.3, -0.25) is 4.79 Å². The Morgan fingerprint density at radius 2 is 2.07 bits per heavy atom. The maximum atomic E-state index is 14.0. The van der Waals surface area contributed by atoms with Crippen molar-refractivity contribution in [2.24, 2.45) is 5.92 Å². The summed E-state index contributed by atoms with van der Waals surface area (Å²) >= 11 is 2.58. The van der Waals surface area contributed by atoms with E-state index in [4.69, 9.17) is 4.74 Å². The Bertz CT molecular complexity index is 826. The number of hydrogen-bond donors (Lipinski definition) is 0. The van der Waals surface area contributed by atoms with Crippen molar-refractivity contribution in [2.45, 2.75) is 33.8 Å². The fourth-order valence-corrected chi connectivity index (χ4v) is 4.05. The first kappa shape index (κ1) is 21.3. The number of rotatable bonds is 6. The summed E-state index contributed by atoms with van der Waals surface area (Å²) in [4.78, 5) is 34.6. The van der Waals surface area contributed by atoms with E-state index in [0.717, 1.165) is 16.2 Å². The fraction of sp³-hybridized carbons (Fsp3) is 0.444. The first-order chi connectivity index (χ1) is 12.8. The van der Waals surface area contributed by atoms with Gasteiger partial charge in [0.1, 0.15) is 10.0 Å². The molecule has 2 amide bonds. The molecule has 0 aliphatic carbocycles.